The molecule has 4 heterocycles. The molecule has 11 heteroatoms. The fourth-order valence-corrected chi connectivity index (χ4v) is 6.82. The maximum absolute atomic E-state index is 13.6. The van der Waals surface area contributed by atoms with Gasteiger partial charge in [-0.2, -0.15) is 13.2 Å². The minimum absolute atomic E-state index is 0.0600. The van der Waals surface area contributed by atoms with E-state index in [9.17, 15) is 22.8 Å². The third kappa shape index (κ3) is 5.79. The first-order valence-corrected chi connectivity index (χ1v) is 15.1. The average molecular weight is 598 g/mol. The Morgan fingerprint density at radius 3 is 2.57 bits per heavy atom. The highest BCUT2D eigenvalue weighted by Gasteiger charge is 2.34. The highest BCUT2D eigenvalue weighted by atomic mass is 32.2. The molecule has 1 fully saturated rings. The molecule has 0 saturated carbocycles. The monoisotopic (exact) mass is 597 g/mol. The number of carbonyl (C=O) groups excluding carboxylic acids is 1. The van der Waals surface area contributed by atoms with Gasteiger partial charge in [0.2, 0.25) is 0 Å². The second-order valence-electron chi connectivity index (χ2n) is 10.8. The number of benzene rings is 1. The van der Waals surface area contributed by atoms with E-state index < -0.39 is 11.9 Å². The smallest absolute Gasteiger partial charge is 0.371 e. The van der Waals surface area contributed by atoms with E-state index in [1.165, 1.54) is 18.0 Å². The van der Waals surface area contributed by atoms with Crippen molar-refractivity contribution in [2.45, 2.75) is 57.3 Å². The quantitative estimate of drug-likeness (QED) is 0.238. The van der Waals surface area contributed by atoms with Crippen molar-refractivity contribution in [2.24, 2.45) is 5.92 Å². The minimum atomic E-state index is -4.48. The average Bonchev–Trinajstić information content (AvgIpc) is 3.27. The van der Waals surface area contributed by atoms with Crippen LogP contribution in [0, 0.1) is 19.8 Å². The summed E-state index contributed by atoms with van der Waals surface area (Å²) >= 11 is 1.47. The van der Waals surface area contributed by atoms with Crippen LogP contribution in [-0.4, -0.2) is 39.8 Å². The normalized spacial score (nSPS) is 15.3. The maximum Gasteiger partial charge on any atom is 0.433 e. The Morgan fingerprint density at radius 1 is 1.17 bits per heavy atom. The van der Waals surface area contributed by atoms with Gasteiger partial charge < -0.3 is 19.8 Å². The number of fused-ring (bicyclic) bond motifs is 1. The molecular weight excluding hydrogens is 563 g/mol. The summed E-state index contributed by atoms with van der Waals surface area (Å²) in [5.41, 5.74) is 3.12. The third-order valence-electron chi connectivity index (χ3n) is 8.29. The van der Waals surface area contributed by atoms with Gasteiger partial charge in [-0.05, 0) is 70.1 Å². The number of alkyl halides is 3. The minimum Gasteiger partial charge on any atom is -0.371 e. The van der Waals surface area contributed by atoms with Crippen LogP contribution in [0.25, 0.3) is 10.9 Å². The topological polar surface area (TPSA) is 83.0 Å². The van der Waals surface area contributed by atoms with Gasteiger partial charge in [-0.25, -0.2) is 0 Å². The molecule has 5 rings (SSSR count). The molecule has 1 saturated heterocycles. The molecule has 1 atom stereocenters. The van der Waals surface area contributed by atoms with Crippen molar-refractivity contribution in [1.82, 2.24) is 19.9 Å². The molecular formula is C31H34F3N5O2S. The van der Waals surface area contributed by atoms with Crippen molar-refractivity contribution >= 4 is 34.3 Å². The number of piperidine rings is 1. The SMILES string of the molecule is CSc1cc(C)[nH]c(=O)c1CNC(=O)c1c(C)n([C@H](C)C2CCN(c3ccnc(C(F)(F)F)c3)CC2)c2ccccc12. The van der Waals surface area contributed by atoms with Gasteiger partial charge in [0.05, 0.1) is 5.56 Å². The number of aryl methyl sites for hydroxylation is 1. The van der Waals surface area contributed by atoms with Crippen LogP contribution in [0.1, 0.15) is 58.8 Å². The fraction of sp³-hybridized carbons (Fsp3) is 0.387. The highest BCUT2D eigenvalue weighted by molar-refractivity contribution is 7.98. The van der Waals surface area contributed by atoms with Crippen LogP contribution < -0.4 is 15.8 Å². The standard InChI is InChI=1S/C31H34F3N5O2S/c1-18-15-26(42-4)24(29(40)37-18)17-36-30(41)28-20(3)39(25-8-6-5-7-23(25)28)19(2)21-10-13-38(14-11-21)22-9-12-35-27(16-22)31(32,33)34/h5-9,12,15-16,19,21H,10-11,13-14,17H2,1-4H3,(H,36,41)(H,37,40)/t19-/m1/s1. The Labute approximate surface area is 246 Å². The summed E-state index contributed by atoms with van der Waals surface area (Å²) in [5.74, 6) is 0.0282. The summed E-state index contributed by atoms with van der Waals surface area (Å²) in [6.07, 6.45) is 0.233. The number of aromatic amines is 1. The highest BCUT2D eigenvalue weighted by Crippen LogP contribution is 2.37. The van der Waals surface area contributed by atoms with Gasteiger partial charge in [-0.3, -0.25) is 14.6 Å². The van der Waals surface area contributed by atoms with Gasteiger partial charge in [0.15, 0.2) is 0 Å². The summed E-state index contributed by atoms with van der Waals surface area (Å²) in [5, 5.41) is 3.82. The van der Waals surface area contributed by atoms with Crippen LogP contribution >= 0.6 is 11.8 Å². The Balaban J connectivity index is 1.36. The van der Waals surface area contributed by atoms with E-state index in [4.69, 9.17) is 0 Å². The van der Waals surface area contributed by atoms with Crippen LogP contribution in [-0.2, 0) is 12.7 Å². The number of rotatable bonds is 7. The zero-order chi connectivity index (χ0) is 30.2. The van der Waals surface area contributed by atoms with E-state index in [-0.39, 0.29) is 30.0 Å². The molecule has 0 unspecified atom stereocenters. The fourth-order valence-electron chi connectivity index (χ4n) is 6.12. The van der Waals surface area contributed by atoms with Gasteiger partial charge in [-0.1, -0.05) is 18.2 Å². The Bertz CT molecular complexity index is 1670. The molecule has 1 aromatic carbocycles. The van der Waals surface area contributed by atoms with E-state index in [1.807, 2.05) is 55.3 Å². The van der Waals surface area contributed by atoms with Gasteiger partial charge in [-0.15, -0.1) is 11.8 Å². The number of anilines is 1. The van der Waals surface area contributed by atoms with Crippen molar-refractivity contribution in [1.29, 1.82) is 0 Å². The molecule has 222 valence electrons. The number of amides is 1. The second-order valence-corrected chi connectivity index (χ2v) is 11.7. The maximum atomic E-state index is 13.6. The number of hydrogen-bond acceptors (Lipinski definition) is 5. The number of pyridine rings is 2. The lowest BCUT2D eigenvalue weighted by atomic mass is 9.89. The Morgan fingerprint density at radius 2 is 1.88 bits per heavy atom. The van der Waals surface area contributed by atoms with E-state index in [0.717, 1.165) is 46.1 Å². The number of halogens is 3. The van der Waals surface area contributed by atoms with Crippen LogP contribution in [0.2, 0.25) is 0 Å². The zero-order valence-electron chi connectivity index (χ0n) is 24.0. The van der Waals surface area contributed by atoms with Crippen LogP contribution in [0.3, 0.4) is 0 Å². The molecule has 0 bridgehead atoms. The van der Waals surface area contributed by atoms with Gasteiger partial charge in [0, 0.05) is 70.3 Å². The summed E-state index contributed by atoms with van der Waals surface area (Å²) in [7, 11) is 0. The largest absolute Gasteiger partial charge is 0.433 e. The summed E-state index contributed by atoms with van der Waals surface area (Å²) in [6, 6.07) is 12.5. The summed E-state index contributed by atoms with van der Waals surface area (Å²) < 4.78 is 41.8. The molecule has 4 aromatic rings. The lowest BCUT2D eigenvalue weighted by Crippen LogP contribution is -2.36. The predicted molar refractivity (Wildman–Crippen MR) is 160 cm³/mol. The molecule has 1 amide bonds. The molecule has 0 aliphatic carbocycles. The van der Waals surface area contributed by atoms with Crippen molar-refractivity contribution < 1.29 is 18.0 Å². The first-order valence-electron chi connectivity index (χ1n) is 13.9. The third-order valence-corrected chi connectivity index (χ3v) is 9.09. The first-order chi connectivity index (χ1) is 20.0. The molecule has 2 N–H and O–H groups in total. The molecule has 0 spiro atoms. The van der Waals surface area contributed by atoms with Crippen molar-refractivity contribution in [2.75, 3.05) is 24.2 Å². The zero-order valence-corrected chi connectivity index (χ0v) is 24.8. The molecule has 0 radical (unpaired) electrons. The number of hydrogen-bond donors (Lipinski definition) is 2. The van der Waals surface area contributed by atoms with Crippen molar-refractivity contribution in [3.05, 3.63) is 87.2 Å². The second kappa shape index (κ2) is 11.9. The van der Waals surface area contributed by atoms with E-state index in [2.05, 4.69) is 26.8 Å². The Hall–Kier alpha value is -3.73. The summed E-state index contributed by atoms with van der Waals surface area (Å²) in [4.78, 5) is 35.3. The Kier molecular flexibility index (Phi) is 8.41. The number of carbonyl (C=O) groups is 1. The van der Waals surface area contributed by atoms with E-state index in [1.54, 1.807) is 6.07 Å². The van der Waals surface area contributed by atoms with Crippen LogP contribution in [0.15, 0.2) is 58.4 Å². The molecule has 3 aromatic heterocycles. The molecule has 1 aliphatic rings. The number of aromatic nitrogens is 3. The lowest BCUT2D eigenvalue weighted by molar-refractivity contribution is -0.141. The number of H-pyrrole nitrogens is 1. The number of para-hydroxylation sites is 1. The number of thioether (sulfide) groups is 1. The van der Waals surface area contributed by atoms with Crippen LogP contribution in [0.4, 0.5) is 18.9 Å². The van der Waals surface area contributed by atoms with Gasteiger partial charge in [0.1, 0.15) is 5.69 Å². The van der Waals surface area contributed by atoms with Crippen molar-refractivity contribution in [3.63, 3.8) is 0 Å². The summed E-state index contributed by atoms with van der Waals surface area (Å²) in [6.45, 7) is 7.29. The lowest BCUT2D eigenvalue weighted by Gasteiger charge is -2.37. The van der Waals surface area contributed by atoms with E-state index in [0.29, 0.717) is 29.9 Å². The van der Waals surface area contributed by atoms with E-state index >= 15 is 0 Å². The predicted octanol–water partition coefficient (Wildman–Crippen LogP) is 6.49. The van der Waals surface area contributed by atoms with Gasteiger partial charge in [0.25, 0.3) is 11.5 Å². The van der Waals surface area contributed by atoms with Crippen LogP contribution in [0.5, 0.6) is 0 Å². The molecule has 42 heavy (non-hydrogen) atoms. The molecule has 1 aliphatic heterocycles. The van der Waals surface area contributed by atoms with Gasteiger partial charge >= 0.3 is 6.18 Å². The number of nitrogens with one attached hydrogen (secondary N) is 2. The number of nitrogens with zero attached hydrogens (tertiary/aromatic N) is 3. The molecule has 7 nitrogen and oxygen atoms in total. The van der Waals surface area contributed by atoms with Crippen molar-refractivity contribution in [3.8, 4) is 0 Å². The first kappa shape index (κ1) is 29.8.